The number of rotatable bonds is 10. The Morgan fingerprint density at radius 2 is 1.51 bits per heavy atom. The summed E-state index contributed by atoms with van der Waals surface area (Å²) in [5.74, 6) is 0.395. The SMILES string of the molecule is CNc1ncnc2c1ncn2[C@@H]1O[C@H](COP(=O)(O)OP(=O)(O)OC[C@H]2OC(O)[C@H](O)[C@@H]2O)[C@@H](O)[C@H]1O. The van der Waals surface area contributed by atoms with E-state index in [-0.39, 0.29) is 5.65 Å². The summed E-state index contributed by atoms with van der Waals surface area (Å²) in [6.07, 6.45) is -9.86. The van der Waals surface area contributed by atoms with Crippen LogP contribution in [0.2, 0.25) is 0 Å². The third-order valence-corrected chi connectivity index (χ3v) is 8.16. The third kappa shape index (κ3) is 6.00. The van der Waals surface area contributed by atoms with E-state index in [1.165, 1.54) is 17.2 Å². The molecule has 2 saturated heterocycles. The van der Waals surface area contributed by atoms with Crippen molar-refractivity contribution in [3.8, 4) is 0 Å². The minimum atomic E-state index is -5.30. The molecule has 21 heteroatoms. The number of aliphatic hydroxyl groups is 5. The van der Waals surface area contributed by atoms with Gasteiger partial charge in [0.1, 0.15) is 48.5 Å². The Morgan fingerprint density at radius 3 is 2.08 bits per heavy atom. The summed E-state index contributed by atoms with van der Waals surface area (Å²) in [6.45, 7) is -1.77. The van der Waals surface area contributed by atoms with Crippen LogP contribution in [0.4, 0.5) is 5.82 Å². The molecule has 0 spiro atoms. The van der Waals surface area contributed by atoms with Gasteiger partial charge in [-0.15, -0.1) is 0 Å². The van der Waals surface area contributed by atoms with Crippen LogP contribution < -0.4 is 5.32 Å². The van der Waals surface area contributed by atoms with Gasteiger partial charge in [0.25, 0.3) is 0 Å². The summed E-state index contributed by atoms with van der Waals surface area (Å²) in [6, 6.07) is 0. The molecule has 0 aliphatic carbocycles. The normalized spacial score (nSPS) is 35.5. The van der Waals surface area contributed by atoms with Gasteiger partial charge < -0.3 is 50.1 Å². The highest BCUT2D eigenvalue weighted by molar-refractivity contribution is 7.61. The van der Waals surface area contributed by atoms with Crippen molar-refractivity contribution in [2.24, 2.45) is 0 Å². The fourth-order valence-corrected chi connectivity index (χ4v) is 5.79. The molecule has 2 aromatic heterocycles. The topological polar surface area (TPSA) is 278 Å². The van der Waals surface area contributed by atoms with E-state index in [0.717, 1.165) is 0 Å². The predicted octanol–water partition coefficient (Wildman–Crippen LogP) is -2.82. The Balaban J connectivity index is 1.35. The average molecular weight is 573 g/mol. The van der Waals surface area contributed by atoms with Crippen molar-refractivity contribution in [3.05, 3.63) is 12.7 Å². The van der Waals surface area contributed by atoms with E-state index >= 15 is 0 Å². The van der Waals surface area contributed by atoms with Crippen LogP contribution in [0.15, 0.2) is 12.7 Å². The fourth-order valence-electron chi connectivity index (χ4n) is 3.70. The molecule has 4 rings (SSSR count). The Morgan fingerprint density at radius 1 is 0.919 bits per heavy atom. The zero-order valence-electron chi connectivity index (χ0n) is 18.9. The lowest BCUT2D eigenvalue weighted by Crippen LogP contribution is -2.34. The quantitative estimate of drug-likeness (QED) is 0.133. The van der Waals surface area contributed by atoms with Crippen molar-refractivity contribution < 1.29 is 67.3 Å². The van der Waals surface area contributed by atoms with Crippen LogP contribution in [-0.4, -0.2) is 118 Å². The van der Waals surface area contributed by atoms with Gasteiger partial charge in [0.05, 0.1) is 19.5 Å². The van der Waals surface area contributed by atoms with Gasteiger partial charge >= 0.3 is 15.6 Å². The second-order valence-electron chi connectivity index (χ2n) is 8.00. The number of hydrogen-bond donors (Lipinski definition) is 8. The zero-order chi connectivity index (χ0) is 27.1. The summed E-state index contributed by atoms with van der Waals surface area (Å²) in [5.41, 5.74) is 0.601. The van der Waals surface area contributed by atoms with Crippen LogP contribution in [-0.2, 0) is 32.0 Å². The number of anilines is 1. The number of imidazole rings is 1. The largest absolute Gasteiger partial charge is 0.481 e. The van der Waals surface area contributed by atoms with Gasteiger partial charge in [-0.3, -0.25) is 13.6 Å². The number of phosphoric ester groups is 2. The highest BCUT2D eigenvalue weighted by atomic mass is 31.3. The average Bonchev–Trinajstić information content (AvgIpc) is 3.46. The number of aliphatic hydroxyl groups excluding tert-OH is 5. The van der Waals surface area contributed by atoms with Crippen molar-refractivity contribution in [1.29, 1.82) is 0 Å². The molecule has 19 nitrogen and oxygen atoms in total. The molecule has 4 heterocycles. The number of nitrogens with zero attached hydrogens (tertiary/aromatic N) is 4. The lowest BCUT2D eigenvalue weighted by molar-refractivity contribution is -0.132. The van der Waals surface area contributed by atoms with Gasteiger partial charge in [0.2, 0.25) is 0 Å². The number of hydrogen-bond acceptors (Lipinski definition) is 16. The highest BCUT2D eigenvalue weighted by Gasteiger charge is 2.47. The molecule has 37 heavy (non-hydrogen) atoms. The molecule has 0 saturated carbocycles. The zero-order valence-corrected chi connectivity index (χ0v) is 20.6. The maximum absolute atomic E-state index is 12.2. The smallest absolute Gasteiger partial charge is 0.387 e. The molecule has 10 atom stereocenters. The van der Waals surface area contributed by atoms with E-state index in [1.54, 1.807) is 7.05 Å². The van der Waals surface area contributed by atoms with Gasteiger partial charge in [-0.2, -0.15) is 4.31 Å². The Kier molecular flexibility index (Phi) is 8.30. The third-order valence-electron chi connectivity index (χ3n) is 5.55. The number of phosphoric acid groups is 2. The minimum absolute atomic E-state index is 0.253. The van der Waals surface area contributed by atoms with E-state index in [0.29, 0.717) is 11.3 Å². The van der Waals surface area contributed by atoms with Gasteiger partial charge in [-0.25, -0.2) is 24.1 Å². The summed E-state index contributed by atoms with van der Waals surface area (Å²) < 4.78 is 49.1. The van der Waals surface area contributed by atoms with E-state index in [2.05, 4.69) is 33.6 Å². The molecule has 0 radical (unpaired) electrons. The van der Waals surface area contributed by atoms with Crippen LogP contribution in [0.25, 0.3) is 11.2 Å². The number of aromatic nitrogens is 4. The Hall–Kier alpha value is -1.67. The molecule has 208 valence electrons. The first-order valence-corrected chi connectivity index (χ1v) is 13.5. The molecular formula is C16H25N5O14P2. The van der Waals surface area contributed by atoms with Crippen LogP contribution in [0.1, 0.15) is 6.23 Å². The van der Waals surface area contributed by atoms with Crippen LogP contribution in [0.3, 0.4) is 0 Å². The number of fused-ring (bicyclic) bond motifs is 1. The van der Waals surface area contributed by atoms with Crippen LogP contribution >= 0.6 is 15.6 Å². The number of ether oxygens (including phenoxy) is 2. The lowest BCUT2D eigenvalue weighted by atomic mass is 10.1. The predicted molar refractivity (Wildman–Crippen MR) is 116 cm³/mol. The maximum atomic E-state index is 12.2. The van der Waals surface area contributed by atoms with Gasteiger partial charge in [-0.1, -0.05) is 0 Å². The molecule has 0 bridgehead atoms. The molecule has 2 aliphatic rings. The molecule has 2 aliphatic heterocycles. The fraction of sp³-hybridized carbons (Fsp3) is 0.688. The van der Waals surface area contributed by atoms with Gasteiger partial charge in [0, 0.05) is 7.05 Å². The Bertz CT molecular complexity index is 1200. The molecule has 8 N–H and O–H groups in total. The molecule has 0 amide bonds. The lowest BCUT2D eigenvalue weighted by Gasteiger charge is -2.20. The Labute approximate surface area is 207 Å². The number of nitrogens with one attached hydrogen (secondary N) is 1. The van der Waals surface area contributed by atoms with Crippen molar-refractivity contribution in [2.45, 2.75) is 49.1 Å². The summed E-state index contributed by atoms with van der Waals surface area (Å²) in [4.78, 5) is 31.8. The maximum Gasteiger partial charge on any atom is 0.481 e. The van der Waals surface area contributed by atoms with E-state index < -0.39 is 78.0 Å². The highest BCUT2D eigenvalue weighted by Crippen LogP contribution is 2.60. The molecule has 2 aromatic rings. The molecule has 2 fully saturated rings. The summed E-state index contributed by atoms with van der Waals surface area (Å²) >= 11 is 0. The molecule has 0 aromatic carbocycles. The second-order valence-corrected chi connectivity index (χ2v) is 11.0. The van der Waals surface area contributed by atoms with Gasteiger partial charge in [-0.05, 0) is 0 Å². The van der Waals surface area contributed by atoms with Crippen LogP contribution in [0.5, 0.6) is 0 Å². The first kappa shape index (κ1) is 28.3. The van der Waals surface area contributed by atoms with Crippen LogP contribution in [0, 0.1) is 0 Å². The second kappa shape index (κ2) is 10.8. The summed E-state index contributed by atoms with van der Waals surface area (Å²) in [7, 11) is -8.97. The van der Waals surface area contributed by atoms with E-state index in [4.69, 9.17) is 9.47 Å². The standard InChI is InChI=1S/C16H25N5O14P2/c1-17-13-8-14(19-4-18-13)21(5-20-8)15-11(24)9(22)6(33-15)2-31-36(27,28)35-37(29,30)32-3-7-10(23)12(25)16(26)34-7/h4-7,9-12,15-16,22-26H,2-3H2,1H3,(H,27,28)(H,29,30)(H,17,18,19)/t6-,7-,9-,10-,11-,12-,15-,16?/m1/s1. The monoisotopic (exact) mass is 573 g/mol. The van der Waals surface area contributed by atoms with Gasteiger partial charge in [0.15, 0.2) is 24.0 Å². The first-order chi connectivity index (χ1) is 17.3. The van der Waals surface area contributed by atoms with Crippen molar-refractivity contribution in [1.82, 2.24) is 19.5 Å². The van der Waals surface area contributed by atoms with Crippen molar-refractivity contribution in [2.75, 3.05) is 25.6 Å². The first-order valence-electron chi connectivity index (χ1n) is 10.6. The van der Waals surface area contributed by atoms with E-state index in [1.807, 2.05) is 0 Å². The summed E-state index contributed by atoms with van der Waals surface area (Å²) in [5, 5.41) is 52.0. The van der Waals surface area contributed by atoms with Crippen molar-refractivity contribution >= 4 is 32.6 Å². The molecule has 3 unspecified atom stereocenters. The van der Waals surface area contributed by atoms with E-state index in [9.17, 15) is 44.4 Å². The molecular weight excluding hydrogens is 548 g/mol. The van der Waals surface area contributed by atoms with Crippen molar-refractivity contribution in [3.63, 3.8) is 0 Å². The minimum Gasteiger partial charge on any atom is -0.387 e.